The zero-order valence-corrected chi connectivity index (χ0v) is 13.7. The van der Waals surface area contributed by atoms with Crippen LogP contribution in [0, 0.1) is 11.8 Å². The molecule has 0 radical (unpaired) electrons. The Bertz CT molecular complexity index is 632. The predicted molar refractivity (Wildman–Crippen MR) is 81.7 cm³/mol. The molecule has 7 heteroatoms. The summed E-state index contributed by atoms with van der Waals surface area (Å²) in [6.45, 7) is 4.97. The van der Waals surface area contributed by atoms with E-state index in [1.54, 1.807) is 24.3 Å². The third kappa shape index (κ3) is 3.71. The molecular weight excluding hydrogens is 323 g/mol. The molecular formula is C17H20F3NO3. The number of rotatable bonds is 2. The van der Waals surface area contributed by atoms with Crippen molar-refractivity contribution in [2.45, 2.75) is 32.4 Å². The third-order valence-electron chi connectivity index (χ3n) is 4.34. The minimum absolute atomic E-state index is 0.106. The van der Waals surface area contributed by atoms with Crippen molar-refractivity contribution in [3.8, 4) is 0 Å². The van der Waals surface area contributed by atoms with E-state index in [9.17, 15) is 22.8 Å². The summed E-state index contributed by atoms with van der Waals surface area (Å²) in [5.41, 5.74) is 1.15. The Morgan fingerprint density at radius 2 is 1.62 bits per heavy atom. The number of aliphatic carboxylic acids is 1. The van der Waals surface area contributed by atoms with Crippen molar-refractivity contribution in [3.63, 3.8) is 0 Å². The molecule has 0 unspecified atom stereocenters. The first-order valence-corrected chi connectivity index (χ1v) is 7.60. The van der Waals surface area contributed by atoms with Gasteiger partial charge in [-0.05, 0) is 23.1 Å². The minimum Gasteiger partial charge on any atom is -0.481 e. The molecule has 0 bridgehead atoms. The highest BCUT2D eigenvalue weighted by molar-refractivity contribution is 5.95. The van der Waals surface area contributed by atoms with Gasteiger partial charge in [0.1, 0.15) is 0 Å². The molecule has 1 aliphatic rings. The number of benzene rings is 1. The van der Waals surface area contributed by atoms with Crippen LogP contribution in [0.3, 0.4) is 0 Å². The van der Waals surface area contributed by atoms with Crippen molar-refractivity contribution in [3.05, 3.63) is 35.4 Å². The van der Waals surface area contributed by atoms with E-state index in [0.717, 1.165) is 10.5 Å². The molecule has 1 N–H and O–H groups in total. The molecule has 4 nitrogen and oxygen atoms in total. The lowest BCUT2D eigenvalue weighted by atomic mass is 9.86. The number of carboxylic acids is 1. The Balaban J connectivity index is 2.20. The Kier molecular flexibility index (Phi) is 4.65. The molecule has 0 aliphatic carbocycles. The van der Waals surface area contributed by atoms with Gasteiger partial charge in [0.25, 0.3) is 5.91 Å². The molecule has 132 valence electrons. The maximum Gasteiger partial charge on any atom is 0.394 e. The lowest BCUT2D eigenvalue weighted by molar-refractivity contribution is -0.187. The summed E-state index contributed by atoms with van der Waals surface area (Å²) in [6.07, 6.45) is -4.64. The van der Waals surface area contributed by atoms with Crippen molar-refractivity contribution in [2.75, 3.05) is 13.1 Å². The second-order valence-electron chi connectivity index (χ2n) is 7.13. The van der Waals surface area contributed by atoms with Gasteiger partial charge in [-0.1, -0.05) is 32.9 Å². The molecule has 0 saturated carbocycles. The van der Waals surface area contributed by atoms with Crippen LogP contribution < -0.4 is 0 Å². The zero-order chi connectivity index (χ0) is 18.3. The smallest absolute Gasteiger partial charge is 0.394 e. The summed E-state index contributed by atoms with van der Waals surface area (Å²) < 4.78 is 39.0. The topological polar surface area (TPSA) is 57.6 Å². The van der Waals surface area contributed by atoms with Crippen molar-refractivity contribution < 1.29 is 27.9 Å². The number of carbonyl (C=O) groups excluding carboxylic acids is 1. The molecule has 1 fully saturated rings. The maximum absolute atomic E-state index is 13.0. The van der Waals surface area contributed by atoms with Gasteiger partial charge in [-0.25, -0.2) is 0 Å². The van der Waals surface area contributed by atoms with Gasteiger partial charge < -0.3 is 10.0 Å². The molecule has 0 aromatic heterocycles. The second-order valence-corrected chi connectivity index (χ2v) is 7.13. The van der Waals surface area contributed by atoms with Gasteiger partial charge in [0, 0.05) is 18.7 Å². The molecule has 1 aliphatic heterocycles. The summed E-state index contributed by atoms with van der Waals surface area (Å²) in [6, 6.07) is 6.66. The largest absolute Gasteiger partial charge is 0.481 e. The summed E-state index contributed by atoms with van der Waals surface area (Å²) in [7, 11) is 0. The Labute approximate surface area is 138 Å². The number of hydrogen-bond acceptors (Lipinski definition) is 2. The fourth-order valence-electron chi connectivity index (χ4n) is 2.85. The van der Waals surface area contributed by atoms with Gasteiger partial charge in [0.05, 0.1) is 11.8 Å². The van der Waals surface area contributed by atoms with Gasteiger partial charge in [0.15, 0.2) is 0 Å². The number of amides is 1. The fraction of sp³-hybridized carbons (Fsp3) is 0.529. The number of carbonyl (C=O) groups is 2. The molecule has 0 spiro atoms. The van der Waals surface area contributed by atoms with Crippen LogP contribution in [0.5, 0.6) is 0 Å². The number of nitrogens with zero attached hydrogens (tertiary/aromatic N) is 1. The maximum atomic E-state index is 13.0. The predicted octanol–water partition coefficient (Wildman–Crippen LogP) is 3.32. The van der Waals surface area contributed by atoms with E-state index in [4.69, 9.17) is 5.11 Å². The number of hydrogen-bond donors (Lipinski definition) is 1. The van der Waals surface area contributed by atoms with Crippen molar-refractivity contribution >= 4 is 11.9 Å². The zero-order valence-electron chi connectivity index (χ0n) is 13.7. The average molecular weight is 343 g/mol. The summed E-state index contributed by atoms with van der Waals surface area (Å²) in [4.78, 5) is 24.5. The number of carboxylic acid groups (broad SMARTS) is 1. The van der Waals surface area contributed by atoms with E-state index in [-0.39, 0.29) is 11.0 Å². The molecule has 24 heavy (non-hydrogen) atoms. The number of likely N-dealkylation sites (tertiary alicyclic amines) is 1. The quantitative estimate of drug-likeness (QED) is 0.896. The molecule has 1 saturated heterocycles. The minimum atomic E-state index is -4.64. The average Bonchev–Trinajstić information content (AvgIpc) is 2.91. The molecule has 2 atom stereocenters. The lowest BCUT2D eigenvalue weighted by Crippen LogP contribution is -2.34. The van der Waals surface area contributed by atoms with E-state index in [0.29, 0.717) is 0 Å². The Morgan fingerprint density at radius 1 is 1.08 bits per heavy atom. The van der Waals surface area contributed by atoms with Crippen LogP contribution >= 0.6 is 0 Å². The number of halogens is 3. The first kappa shape index (κ1) is 18.3. The second kappa shape index (κ2) is 6.11. The monoisotopic (exact) mass is 343 g/mol. The highest BCUT2D eigenvalue weighted by Crippen LogP contribution is 2.38. The Morgan fingerprint density at radius 3 is 2.00 bits per heavy atom. The molecule has 2 rings (SSSR count). The Hall–Kier alpha value is -2.05. The number of alkyl halides is 3. The van der Waals surface area contributed by atoms with Crippen LogP contribution in [0.15, 0.2) is 24.3 Å². The summed E-state index contributed by atoms with van der Waals surface area (Å²) >= 11 is 0. The first-order valence-electron chi connectivity index (χ1n) is 7.60. The van der Waals surface area contributed by atoms with Gasteiger partial charge >= 0.3 is 12.1 Å². The van der Waals surface area contributed by atoms with E-state index >= 15 is 0 Å². The third-order valence-corrected chi connectivity index (χ3v) is 4.34. The van der Waals surface area contributed by atoms with Crippen LogP contribution in [0.2, 0.25) is 0 Å². The van der Waals surface area contributed by atoms with Crippen LogP contribution in [0.4, 0.5) is 13.2 Å². The van der Waals surface area contributed by atoms with E-state index in [1.165, 1.54) is 0 Å². The SMILES string of the molecule is CC(C)(C)c1ccc(C(=O)N2C[C@@H](C(F)(F)F)[C@H](C(=O)O)C2)cc1. The standard InChI is InChI=1S/C17H20F3NO3/c1-16(2,3)11-6-4-10(5-7-11)14(22)21-8-12(15(23)24)13(9-21)17(18,19)20/h4-7,12-13H,8-9H2,1-3H3,(H,23,24)/t12-,13-/m1/s1. The molecule has 1 amide bonds. The molecule has 1 aromatic carbocycles. The first-order chi connectivity index (χ1) is 10.9. The van der Waals surface area contributed by atoms with E-state index in [1.807, 2.05) is 20.8 Å². The van der Waals surface area contributed by atoms with Gasteiger partial charge in [-0.15, -0.1) is 0 Å². The lowest BCUT2D eigenvalue weighted by Gasteiger charge is -2.20. The normalized spacial score (nSPS) is 21.8. The van der Waals surface area contributed by atoms with Gasteiger partial charge in [-0.2, -0.15) is 13.2 Å². The van der Waals surface area contributed by atoms with Crippen LogP contribution in [0.25, 0.3) is 0 Å². The van der Waals surface area contributed by atoms with Crippen molar-refractivity contribution in [2.24, 2.45) is 11.8 Å². The fourth-order valence-corrected chi connectivity index (χ4v) is 2.85. The summed E-state index contributed by atoms with van der Waals surface area (Å²) in [5, 5.41) is 9.01. The molecule has 1 aromatic rings. The van der Waals surface area contributed by atoms with Crippen molar-refractivity contribution in [1.82, 2.24) is 4.90 Å². The highest BCUT2D eigenvalue weighted by atomic mass is 19.4. The molecule has 1 heterocycles. The van der Waals surface area contributed by atoms with E-state index < -0.39 is 43.0 Å². The van der Waals surface area contributed by atoms with Gasteiger partial charge in [-0.3, -0.25) is 9.59 Å². The summed E-state index contributed by atoms with van der Waals surface area (Å²) in [5.74, 6) is -5.76. The van der Waals surface area contributed by atoms with Gasteiger partial charge in [0.2, 0.25) is 0 Å². The van der Waals surface area contributed by atoms with E-state index in [2.05, 4.69) is 0 Å². The van der Waals surface area contributed by atoms with Crippen LogP contribution in [-0.2, 0) is 10.2 Å². The highest BCUT2D eigenvalue weighted by Gasteiger charge is 2.53. The van der Waals surface area contributed by atoms with Crippen LogP contribution in [-0.4, -0.2) is 41.1 Å². The van der Waals surface area contributed by atoms with Crippen LogP contribution in [0.1, 0.15) is 36.7 Å². The van der Waals surface area contributed by atoms with Crippen molar-refractivity contribution in [1.29, 1.82) is 0 Å².